The molecule has 2 amide bonds. The largest absolute Gasteiger partial charge is 0.352 e. The number of fused-ring (bicyclic) bond motifs is 2. The van der Waals surface area contributed by atoms with Crippen LogP contribution in [0.4, 0.5) is 5.00 Å². The van der Waals surface area contributed by atoms with E-state index in [4.69, 9.17) is 0 Å². The summed E-state index contributed by atoms with van der Waals surface area (Å²) in [6.45, 7) is 2.57. The van der Waals surface area contributed by atoms with Gasteiger partial charge in [-0.15, -0.1) is 11.3 Å². The minimum absolute atomic E-state index is 0.175. The predicted molar refractivity (Wildman–Crippen MR) is 119 cm³/mol. The number of anilines is 1. The van der Waals surface area contributed by atoms with Crippen LogP contribution in [0.3, 0.4) is 0 Å². The normalized spacial score (nSPS) is 13.1. The number of carbonyl (C=O) groups excluding carboxylic acids is 2. The standard InChI is InChI=1S/C22H24N4O3S/c1-3-12-23-20(28)17-14-9-5-7-11-16(14)30-22(17)24-21(29)18-19(27)13-8-4-6-10-15(13)26(2)25-18/h4,6,8,10H,3,5,7,9,11-12H2,1-2H3,(H,23,28)(H,24,29). The second-order valence-electron chi connectivity index (χ2n) is 7.44. The SMILES string of the molecule is CCCNC(=O)c1c(NC(=O)c2nn(C)c3ccccc3c2=O)sc2c1CCCC2. The third-order valence-electron chi connectivity index (χ3n) is 5.34. The maximum atomic E-state index is 13.0. The first-order valence-corrected chi connectivity index (χ1v) is 11.0. The third-order valence-corrected chi connectivity index (χ3v) is 6.55. The van der Waals surface area contributed by atoms with Crippen molar-refractivity contribution in [1.82, 2.24) is 15.1 Å². The molecule has 0 unspecified atom stereocenters. The summed E-state index contributed by atoms with van der Waals surface area (Å²) >= 11 is 1.43. The maximum absolute atomic E-state index is 13.0. The zero-order valence-electron chi connectivity index (χ0n) is 17.1. The number of benzene rings is 1. The van der Waals surface area contributed by atoms with Crippen LogP contribution in [0.5, 0.6) is 0 Å². The highest BCUT2D eigenvalue weighted by molar-refractivity contribution is 7.17. The number of nitrogens with one attached hydrogen (secondary N) is 2. The van der Waals surface area contributed by atoms with E-state index in [1.165, 1.54) is 16.0 Å². The Morgan fingerprint density at radius 1 is 1.17 bits per heavy atom. The van der Waals surface area contributed by atoms with E-state index in [1.54, 1.807) is 25.2 Å². The van der Waals surface area contributed by atoms with E-state index >= 15 is 0 Å². The van der Waals surface area contributed by atoms with Crippen LogP contribution >= 0.6 is 11.3 Å². The zero-order valence-corrected chi connectivity index (χ0v) is 17.9. The summed E-state index contributed by atoms with van der Waals surface area (Å²) < 4.78 is 1.53. The minimum Gasteiger partial charge on any atom is -0.352 e. The Hall–Kier alpha value is -3.00. The molecule has 3 aromatic rings. The van der Waals surface area contributed by atoms with E-state index in [1.807, 2.05) is 13.0 Å². The molecule has 8 heteroatoms. The fourth-order valence-electron chi connectivity index (χ4n) is 3.86. The summed E-state index contributed by atoms with van der Waals surface area (Å²) in [5, 5.41) is 10.9. The molecule has 1 aromatic carbocycles. The van der Waals surface area contributed by atoms with Crippen LogP contribution in [0.2, 0.25) is 0 Å². The van der Waals surface area contributed by atoms with Crippen LogP contribution in [0.1, 0.15) is 57.5 Å². The molecule has 2 aromatic heterocycles. The lowest BCUT2D eigenvalue weighted by atomic mass is 9.95. The Bertz CT molecular complexity index is 1200. The molecule has 156 valence electrons. The number of thiophene rings is 1. The summed E-state index contributed by atoms with van der Waals surface area (Å²) in [7, 11) is 1.70. The summed E-state index contributed by atoms with van der Waals surface area (Å²) in [6, 6.07) is 7.05. The Morgan fingerprint density at radius 3 is 2.73 bits per heavy atom. The molecule has 0 atom stereocenters. The van der Waals surface area contributed by atoms with Gasteiger partial charge in [-0.3, -0.25) is 19.1 Å². The van der Waals surface area contributed by atoms with Crippen LogP contribution in [-0.2, 0) is 19.9 Å². The van der Waals surface area contributed by atoms with Crippen LogP contribution in [-0.4, -0.2) is 28.1 Å². The van der Waals surface area contributed by atoms with E-state index in [2.05, 4.69) is 15.7 Å². The van der Waals surface area contributed by atoms with Crippen LogP contribution in [0, 0.1) is 0 Å². The first kappa shape index (κ1) is 20.3. The van der Waals surface area contributed by atoms with E-state index < -0.39 is 11.3 Å². The minimum atomic E-state index is -0.593. The number of hydrogen-bond acceptors (Lipinski definition) is 5. The number of carbonyl (C=O) groups is 2. The molecule has 0 aliphatic heterocycles. The number of aromatic nitrogens is 2. The third kappa shape index (κ3) is 3.63. The van der Waals surface area contributed by atoms with Gasteiger partial charge in [0.1, 0.15) is 5.00 Å². The van der Waals surface area contributed by atoms with Gasteiger partial charge in [0.05, 0.1) is 11.1 Å². The van der Waals surface area contributed by atoms with Gasteiger partial charge in [0.25, 0.3) is 11.8 Å². The molecule has 2 heterocycles. The lowest BCUT2D eigenvalue weighted by Crippen LogP contribution is -2.28. The second-order valence-corrected chi connectivity index (χ2v) is 8.55. The van der Waals surface area contributed by atoms with Gasteiger partial charge in [-0.1, -0.05) is 19.1 Å². The highest BCUT2D eigenvalue weighted by Gasteiger charge is 2.27. The van der Waals surface area contributed by atoms with E-state index in [9.17, 15) is 14.4 Å². The van der Waals surface area contributed by atoms with Gasteiger partial charge in [0.2, 0.25) is 5.43 Å². The van der Waals surface area contributed by atoms with E-state index in [0.717, 1.165) is 42.5 Å². The monoisotopic (exact) mass is 424 g/mol. The number of rotatable bonds is 5. The number of hydrogen-bond donors (Lipinski definition) is 2. The van der Waals surface area contributed by atoms with Gasteiger partial charge in [-0.25, -0.2) is 0 Å². The van der Waals surface area contributed by atoms with Crippen molar-refractivity contribution in [2.75, 3.05) is 11.9 Å². The molecular formula is C22H24N4O3S. The fraction of sp³-hybridized carbons (Fsp3) is 0.364. The molecule has 2 N–H and O–H groups in total. The molecule has 1 aliphatic carbocycles. The zero-order chi connectivity index (χ0) is 21.3. The summed E-state index contributed by atoms with van der Waals surface area (Å²) in [5.41, 5.74) is 1.62. The predicted octanol–water partition coefficient (Wildman–Crippen LogP) is 3.27. The maximum Gasteiger partial charge on any atom is 0.280 e. The van der Waals surface area contributed by atoms with Gasteiger partial charge in [-0.05, 0) is 49.8 Å². The van der Waals surface area contributed by atoms with Crippen molar-refractivity contribution in [1.29, 1.82) is 0 Å². The number of amides is 2. The lowest BCUT2D eigenvalue weighted by Gasteiger charge is -2.13. The van der Waals surface area contributed by atoms with Gasteiger partial charge >= 0.3 is 0 Å². The Balaban J connectivity index is 1.73. The Labute approximate surface area is 178 Å². The molecule has 0 bridgehead atoms. The van der Waals surface area contributed by atoms with Crippen molar-refractivity contribution >= 4 is 39.1 Å². The number of aryl methyl sites for hydroxylation is 2. The quantitative estimate of drug-likeness (QED) is 0.657. The van der Waals surface area contributed by atoms with Crippen molar-refractivity contribution in [2.24, 2.45) is 7.05 Å². The van der Waals surface area contributed by atoms with Crippen molar-refractivity contribution < 1.29 is 9.59 Å². The van der Waals surface area contributed by atoms with Crippen molar-refractivity contribution in [3.8, 4) is 0 Å². The van der Waals surface area contributed by atoms with Gasteiger partial charge in [0.15, 0.2) is 5.69 Å². The van der Waals surface area contributed by atoms with Crippen molar-refractivity contribution in [3.05, 3.63) is 56.2 Å². The Morgan fingerprint density at radius 2 is 1.93 bits per heavy atom. The number of para-hydroxylation sites is 1. The fourth-order valence-corrected chi connectivity index (χ4v) is 5.14. The molecule has 0 radical (unpaired) electrons. The average Bonchev–Trinajstić information content (AvgIpc) is 3.12. The van der Waals surface area contributed by atoms with E-state index in [-0.39, 0.29) is 11.6 Å². The van der Waals surface area contributed by atoms with Crippen LogP contribution in [0.15, 0.2) is 29.1 Å². The smallest absolute Gasteiger partial charge is 0.280 e. The van der Waals surface area contributed by atoms with E-state index in [0.29, 0.717) is 28.0 Å². The summed E-state index contributed by atoms with van der Waals surface area (Å²) in [6.07, 6.45) is 4.66. The van der Waals surface area contributed by atoms with Crippen LogP contribution < -0.4 is 16.1 Å². The summed E-state index contributed by atoms with van der Waals surface area (Å²) in [4.78, 5) is 39.8. The van der Waals surface area contributed by atoms with Crippen molar-refractivity contribution in [2.45, 2.75) is 39.0 Å². The van der Waals surface area contributed by atoms with Crippen LogP contribution in [0.25, 0.3) is 10.9 Å². The Kier molecular flexibility index (Phi) is 5.67. The topological polar surface area (TPSA) is 93.1 Å². The van der Waals surface area contributed by atoms with Gasteiger partial charge in [-0.2, -0.15) is 5.10 Å². The average molecular weight is 425 g/mol. The second kappa shape index (κ2) is 8.39. The highest BCUT2D eigenvalue weighted by atomic mass is 32.1. The van der Waals surface area contributed by atoms with Gasteiger partial charge < -0.3 is 10.6 Å². The summed E-state index contributed by atoms with van der Waals surface area (Å²) in [5.74, 6) is -0.768. The molecule has 0 saturated heterocycles. The molecule has 1 aliphatic rings. The molecule has 30 heavy (non-hydrogen) atoms. The molecule has 4 rings (SSSR count). The molecule has 0 saturated carbocycles. The molecular weight excluding hydrogens is 400 g/mol. The highest BCUT2D eigenvalue weighted by Crippen LogP contribution is 2.38. The van der Waals surface area contributed by atoms with Gasteiger partial charge in [0, 0.05) is 23.9 Å². The lowest BCUT2D eigenvalue weighted by molar-refractivity contribution is 0.0954. The van der Waals surface area contributed by atoms with Crippen molar-refractivity contribution in [3.63, 3.8) is 0 Å². The molecule has 0 spiro atoms. The number of nitrogens with zero attached hydrogens (tertiary/aromatic N) is 2. The first-order valence-electron chi connectivity index (χ1n) is 10.2. The molecule has 7 nitrogen and oxygen atoms in total. The first-order chi connectivity index (χ1) is 14.5. The molecule has 0 fully saturated rings.